The fraction of sp³-hybridized carbons (Fsp3) is 1.00. The van der Waals surface area contributed by atoms with Gasteiger partial charge in [0.2, 0.25) is 0 Å². The van der Waals surface area contributed by atoms with E-state index in [1.54, 1.807) is 11.8 Å². The molecule has 1 saturated heterocycles. The van der Waals surface area contributed by atoms with E-state index in [1.807, 2.05) is 0 Å². The maximum Gasteiger partial charge on any atom is 0.0914 e. The van der Waals surface area contributed by atoms with Crippen LogP contribution in [0.25, 0.3) is 0 Å². The van der Waals surface area contributed by atoms with E-state index in [0.717, 1.165) is 0 Å². The van der Waals surface area contributed by atoms with Gasteiger partial charge in [-0.15, -0.1) is 0 Å². The Hall–Kier alpha value is 0.270. The zero-order chi connectivity index (χ0) is 7.56. The van der Waals surface area contributed by atoms with Crippen molar-refractivity contribution in [1.29, 1.82) is 0 Å². The van der Waals surface area contributed by atoms with Gasteiger partial charge in [-0.1, -0.05) is 13.8 Å². The Morgan fingerprint density at radius 3 is 2.60 bits per heavy atom. The van der Waals surface area contributed by atoms with Crippen LogP contribution in [-0.2, 0) is 4.74 Å². The lowest BCUT2D eigenvalue weighted by atomic mass is 10.3. The van der Waals surface area contributed by atoms with Crippen molar-refractivity contribution in [2.75, 3.05) is 13.2 Å². The van der Waals surface area contributed by atoms with Crippen molar-refractivity contribution in [2.24, 2.45) is 0 Å². The molecular formula is C7H14O2S. The molecule has 0 radical (unpaired) electrons. The van der Waals surface area contributed by atoms with Crippen molar-refractivity contribution in [3.63, 3.8) is 0 Å². The third-order valence-electron chi connectivity index (χ3n) is 1.45. The molecule has 1 rings (SSSR count). The smallest absolute Gasteiger partial charge is 0.0914 e. The summed E-state index contributed by atoms with van der Waals surface area (Å²) in [5.41, 5.74) is 0. The summed E-state index contributed by atoms with van der Waals surface area (Å²) in [6, 6.07) is 0. The SMILES string of the molecule is CC(C)S[C@@H]1COC[C@H]1O. The van der Waals surface area contributed by atoms with Gasteiger partial charge >= 0.3 is 0 Å². The molecule has 0 spiro atoms. The van der Waals surface area contributed by atoms with E-state index >= 15 is 0 Å². The Morgan fingerprint density at radius 1 is 1.50 bits per heavy atom. The second-order valence-corrected chi connectivity index (χ2v) is 4.65. The molecule has 0 bridgehead atoms. The summed E-state index contributed by atoms with van der Waals surface area (Å²) in [5, 5.41) is 10.2. The fourth-order valence-electron chi connectivity index (χ4n) is 1.00. The minimum atomic E-state index is -0.243. The minimum Gasteiger partial charge on any atom is -0.389 e. The molecule has 0 aromatic heterocycles. The Kier molecular flexibility index (Phi) is 3.01. The number of rotatable bonds is 2. The summed E-state index contributed by atoms with van der Waals surface area (Å²) in [4.78, 5) is 0. The number of aliphatic hydroxyl groups excluding tert-OH is 1. The molecule has 0 aliphatic carbocycles. The predicted molar refractivity (Wildman–Crippen MR) is 43.3 cm³/mol. The van der Waals surface area contributed by atoms with Gasteiger partial charge in [-0.2, -0.15) is 11.8 Å². The van der Waals surface area contributed by atoms with E-state index in [9.17, 15) is 5.11 Å². The first kappa shape index (κ1) is 8.37. The molecule has 1 fully saturated rings. The first-order valence-corrected chi connectivity index (χ1v) is 4.55. The van der Waals surface area contributed by atoms with E-state index in [4.69, 9.17) is 4.74 Å². The molecule has 2 atom stereocenters. The highest BCUT2D eigenvalue weighted by atomic mass is 32.2. The highest BCUT2D eigenvalue weighted by Gasteiger charge is 2.26. The number of hydrogen-bond donors (Lipinski definition) is 1. The third kappa shape index (κ3) is 2.15. The molecule has 1 N–H and O–H groups in total. The Morgan fingerprint density at radius 2 is 2.20 bits per heavy atom. The summed E-state index contributed by atoms with van der Waals surface area (Å²) in [5.74, 6) is 0. The average Bonchev–Trinajstić information content (AvgIpc) is 2.15. The number of aliphatic hydroxyl groups is 1. The van der Waals surface area contributed by atoms with Crippen molar-refractivity contribution < 1.29 is 9.84 Å². The average molecular weight is 162 g/mol. The summed E-state index contributed by atoms with van der Waals surface area (Å²) in [6.45, 7) is 5.50. The minimum absolute atomic E-state index is 0.243. The van der Waals surface area contributed by atoms with Gasteiger partial charge in [-0.05, 0) is 5.25 Å². The monoisotopic (exact) mass is 162 g/mol. The lowest BCUT2D eigenvalue weighted by molar-refractivity contribution is 0.127. The Labute approximate surface area is 66.0 Å². The van der Waals surface area contributed by atoms with Gasteiger partial charge in [0, 0.05) is 0 Å². The van der Waals surface area contributed by atoms with Gasteiger partial charge < -0.3 is 9.84 Å². The Bertz CT molecular complexity index is 106. The first-order valence-electron chi connectivity index (χ1n) is 3.61. The van der Waals surface area contributed by atoms with E-state index < -0.39 is 0 Å². The quantitative estimate of drug-likeness (QED) is 0.654. The Balaban J connectivity index is 2.26. The van der Waals surface area contributed by atoms with Crippen LogP contribution in [0.15, 0.2) is 0 Å². The normalized spacial score (nSPS) is 33.6. The second-order valence-electron chi connectivity index (χ2n) is 2.83. The van der Waals surface area contributed by atoms with Gasteiger partial charge in [0.15, 0.2) is 0 Å². The fourth-order valence-corrected chi connectivity index (χ4v) is 2.14. The lowest BCUT2D eigenvalue weighted by Gasteiger charge is -2.13. The zero-order valence-corrected chi connectivity index (χ0v) is 7.23. The van der Waals surface area contributed by atoms with E-state index in [-0.39, 0.29) is 6.10 Å². The van der Waals surface area contributed by atoms with E-state index in [2.05, 4.69) is 13.8 Å². The van der Waals surface area contributed by atoms with Gasteiger partial charge in [-0.3, -0.25) is 0 Å². The van der Waals surface area contributed by atoms with Crippen molar-refractivity contribution in [1.82, 2.24) is 0 Å². The highest BCUT2D eigenvalue weighted by Crippen LogP contribution is 2.24. The largest absolute Gasteiger partial charge is 0.389 e. The van der Waals surface area contributed by atoms with Crippen LogP contribution >= 0.6 is 11.8 Å². The van der Waals surface area contributed by atoms with Crippen molar-refractivity contribution >= 4 is 11.8 Å². The summed E-state index contributed by atoms with van der Waals surface area (Å²) >= 11 is 1.80. The van der Waals surface area contributed by atoms with Crippen LogP contribution in [0.1, 0.15) is 13.8 Å². The standard InChI is InChI=1S/C7H14O2S/c1-5(2)10-7-4-9-3-6(7)8/h5-8H,3-4H2,1-2H3/t6-,7-/m1/s1. The predicted octanol–water partition coefficient (Wildman–Crippen LogP) is 0.888. The molecule has 1 aliphatic rings. The maximum atomic E-state index is 9.29. The molecule has 0 aromatic rings. The summed E-state index contributed by atoms with van der Waals surface area (Å²) in [7, 11) is 0. The maximum absolute atomic E-state index is 9.29. The molecule has 0 saturated carbocycles. The van der Waals surface area contributed by atoms with E-state index in [1.165, 1.54) is 0 Å². The van der Waals surface area contributed by atoms with Crippen LogP contribution in [0.3, 0.4) is 0 Å². The lowest BCUT2D eigenvalue weighted by Crippen LogP contribution is -2.21. The van der Waals surface area contributed by atoms with Crippen molar-refractivity contribution in [3.8, 4) is 0 Å². The molecule has 0 unspecified atom stereocenters. The zero-order valence-electron chi connectivity index (χ0n) is 6.41. The summed E-state index contributed by atoms with van der Waals surface area (Å²) in [6.07, 6.45) is -0.243. The van der Waals surface area contributed by atoms with Crippen LogP contribution < -0.4 is 0 Å². The van der Waals surface area contributed by atoms with Crippen LogP contribution in [0, 0.1) is 0 Å². The highest BCUT2D eigenvalue weighted by molar-refractivity contribution is 8.00. The van der Waals surface area contributed by atoms with Crippen molar-refractivity contribution in [2.45, 2.75) is 30.5 Å². The third-order valence-corrected chi connectivity index (χ3v) is 2.79. The van der Waals surface area contributed by atoms with Crippen LogP contribution in [0.5, 0.6) is 0 Å². The molecule has 10 heavy (non-hydrogen) atoms. The van der Waals surface area contributed by atoms with E-state index in [0.29, 0.717) is 23.7 Å². The van der Waals surface area contributed by atoms with Crippen LogP contribution in [0.2, 0.25) is 0 Å². The molecule has 60 valence electrons. The van der Waals surface area contributed by atoms with Crippen LogP contribution in [-0.4, -0.2) is 34.9 Å². The molecule has 0 amide bonds. The topological polar surface area (TPSA) is 29.5 Å². The molecule has 1 aliphatic heterocycles. The number of hydrogen-bond acceptors (Lipinski definition) is 3. The van der Waals surface area contributed by atoms with Gasteiger partial charge in [0.25, 0.3) is 0 Å². The van der Waals surface area contributed by atoms with Gasteiger partial charge in [0.05, 0.1) is 24.6 Å². The molecule has 3 heteroatoms. The second kappa shape index (κ2) is 3.60. The number of ether oxygens (including phenoxy) is 1. The molecule has 0 aromatic carbocycles. The number of thioether (sulfide) groups is 1. The molecular weight excluding hydrogens is 148 g/mol. The van der Waals surface area contributed by atoms with Gasteiger partial charge in [0.1, 0.15) is 0 Å². The van der Waals surface area contributed by atoms with Crippen LogP contribution in [0.4, 0.5) is 0 Å². The molecule has 1 heterocycles. The summed E-state index contributed by atoms with van der Waals surface area (Å²) < 4.78 is 5.10. The molecule has 2 nitrogen and oxygen atoms in total. The van der Waals surface area contributed by atoms with Crippen molar-refractivity contribution in [3.05, 3.63) is 0 Å². The first-order chi connectivity index (χ1) is 4.70. The van der Waals surface area contributed by atoms with Gasteiger partial charge in [-0.25, -0.2) is 0 Å².